The Labute approximate surface area is 169 Å². The minimum Gasteiger partial charge on any atom is -0.484 e. The number of nitrogens with one attached hydrogen (secondary N) is 1. The van der Waals surface area contributed by atoms with Crippen LogP contribution in [0.2, 0.25) is 5.02 Å². The van der Waals surface area contributed by atoms with E-state index in [-0.39, 0.29) is 23.8 Å². The quantitative estimate of drug-likeness (QED) is 0.849. The molecule has 0 spiro atoms. The summed E-state index contributed by atoms with van der Waals surface area (Å²) in [5, 5.41) is 7.71. The molecule has 1 aliphatic rings. The van der Waals surface area contributed by atoms with Crippen LogP contribution >= 0.6 is 11.6 Å². The van der Waals surface area contributed by atoms with Crippen LogP contribution in [-0.2, 0) is 10.2 Å². The van der Waals surface area contributed by atoms with Crippen molar-refractivity contribution in [1.82, 2.24) is 20.0 Å². The molecule has 3 rings (SSSR count). The Morgan fingerprint density at radius 1 is 1.11 bits per heavy atom. The maximum absolute atomic E-state index is 12.7. The molecule has 2 heterocycles. The fourth-order valence-electron chi connectivity index (χ4n) is 2.90. The zero-order valence-electron chi connectivity index (χ0n) is 16.4. The zero-order valence-corrected chi connectivity index (χ0v) is 17.1. The van der Waals surface area contributed by atoms with Gasteiger partial charge in [-0.05, 0) is 30.3 Å². The van der Waals surface area contributed by atoms with Crippen molar-refractivity contribution in [2.75, 3.05) is 32.8 Å². The normalized spacial score (nSPS) is 14.9. The van der Waals surface area contributed by atoms with Gasteiger partial charge in [0.15, 0.2) is 6.61 Å². The molecule has 0 radical (unpaired) electrons. The minimum absolute atomic E-state index is 0.0378. The van der Waals surface area contributed by atoms with Crippen LogP contribution in [0.5, 0.6) is 5.75 Å². The van der Waals surface area contributed by atoms with E-state index in [9.17, 15) is 9.59 Å². The lowest BCUT2D eigenvalue weighted by molar-refractivity contribution is -0.134. The maximum Gasteiger partial charge on any atom is 0.274 e. The van der Waals surface area contributed by atoms with E-state index < -0.39 is 0 Å². The Balaban J connectivity index is 1.49. The van der Waals surface area contributed by atoms with Gasteiger partial charge in [0.25, 0.3) is 11.8 Å². The number of H-pyrrole nitrogens is 1. The number of rotatable bonds is 4. The van der Waals surface area contributed by atoms with Crippen molar-refractivity contribution in [3.8, 4) is 5.75 Å². The third-order valence-corrected chi connectivity index (χ3v) is 4.95. The Morgan fingerprint density at radius 3 is 2.29 bits per heavy atom. The third kappa shape index (κ3) is 4.84. The summed E-state index contributed by atoms with van der Waals surface area (Å²) in [4.78, 5) is 28.5. The van der Waals surface area contributed by atoms with Gasteiger partial charge in [0.05, 0.1) is 0 Å². The lowest BCUT2D eigenvalue weighted by atomic mass is 9.92. The first-order valence-electron chi connectivity index (χ1n) is 9.25. The van der Waals surface area contributed by atoms with Crippen LogP contribution in [0, 0.1) is 0 Å². The molecule has 1 aromatic carbocycles. The molecule has 150 valence electrons. The molecule has 1 fully saturated rings. The average molecular weight is 405 g/mol. The summed E-state index contributed by atoms with van der Waals surface area (Å²) >= 11 is 5.83. The van der Waals surface area contributed by atoms with Gasteiger partial charge in [0, 0.05) is 42.3 Å². The van der Waals surface area contributed by atoms with Crippen LogP contribution in [-0.4, -0.2) is 64.6 Å². The number of piperazine rings is 1. The van der Waals surface area contributed by atoms with Gasteiger partial charge >= 0.3 is 0 Å². The van der Waals surface area contributed by atoms with Gasteiger partial charge in [-0.25, -0.2) is 0 Å². The first-order chi connectivity index (χ1) is 13.2. The summed E-state index contributed by atoms with van der Waals surface area (Å²) in [6.45, 7) is 8.05. The van der Waals surface area contributed by atoms with E-state index >= 15 is 0 Å². The largest absolute Gasteiger partial charge is 0.484 e. The highest BCUT2D eigenvalue weighted by atomic mass is 35.5. The standard InChI is InChI=1S/C20H25ClN4O3/c1-20(2,3)17-12-16(22-23-17)19(27)25-10-8-24(9-11-25)18(26)13-28-15-6-4-14(21)5-7-15/h4-7,12H,8-11,13H2,1-3H3,(H,22,23). The summed E-state index contributed by atoms with van der Waals surface area (Å²) in [6, 6.07) is 8.68. The fraction of sp³-hybridized carbons (Fsp3) is 0.450. The molecule has 0 bridgehead atoms. The number of carbonyl (C=O) groups excluding carboxylic acids is 2. The van der Waals surface area contributed by atoms with E-state index in [1.54, 1.807) is 40.1 Å². The minimum atomic E-state index is -0.115. The van der Waals surface area contributed by atoms with Gasteiger partial charge in [0.2, 0.25) is 0 Å². The Bertz CT molecular complexity index is 834. The number of aromatic amines is 1. The first-order valence-corrected chi connectivity index (χ1v) is 9.63. The number of amides is 2. The Morgan fingerprint density at radius 2 is 1.71 bits per heavy atom. The van der Waals surface area contributed by atoms with Gasteiger partial charge in [-0.3, -0.25) is 14.7 Å². The van der Waals surface area contributed by atoms with Crippen molar-refractivity contribution >= 4 is 23.4 Å². The maximum atomic E-state index is 12.7. The van der Waals surface area contributed by atoms with Crippen LogP contribution in [0.25, 0.3) is 0 Å². The van der Waals surface area contributed by atoms with Crippen molar-refractivity contribution in [3.63, 3.8) is 0 Å². The monoisotopic (exact) mass is 404 g/mol. The highest BCUT2D eigenvalue weighted by molar-refractivity contribution is 6.30. The fourth-order valence-corrected chi connectivity index (χ4v) is 3.03. The topological polar surface area (TPSA) is 78.5 Å². The molecule has 7 nitrogen and oxygen atoms in total. The van der Waals surface area contributed by atoms with Gasteiger partial charge in [-0.2, -0.15) is 5.10 Å². The second-order valence-electron chi connectivity index (χ2n) is 7.83. The van der Waals surface area contributed by atoms with E-state index in [4.69, 9.17) is 16.3 Å². The molecule has 8 heteroatoms. The van der Waals surface area contributed by atoms with Gasteiger partial charge in [-0.1, -0.05) is 32.4 Å². The molecular weight excluding hydrogens is 380 g/mol. The number of hydrogen-bond donors (Lipinski definition) is 1. The summed E-state index contributed by atoms with van der Waals surface area (Å²) in [6.07, 6.45) is 0. The van der Waals surface area contributed by atoms with Crippen LogP contribution in [0.1, 0.15) is 37.0 Å². The molecule has 28 heavy (non-hydrogen) atoms. The highest BCUT2D eigenvalue weighted by Crippen LogP contribution is 2.21. The smallest absolute Gasteiger partial charge is 0.274 e. The van der Waals surface area contributed by atoms with E-state index in [2.05, 4.69) is 31.0 Å². The first kappa shape index (κ1) is 20.2. The van der Waals surface area contributed by atoms with E-state index in [1.165, 1.54) is 0 Å². The SMILES string of the molecule is CC(C)(C)c1cc(C(=O)N2CCN(C(=O)COc3ccc(Cl)cc3)CC2)n[nH]1. The highest BCUT2D eigenvalue weighted by Gasteiger charge is 2.27. The number of halogens is 1. The van der Waals surface area contributed by atoms with Gasteiger partial charge in [-0.15, -0.1) is 0 Å². The number of hydrogen-bond acceptors (Lipinski definition) is 4. The number of ether oxygens (including phenoxy) is 1. The Hall–Kier alpha value is -2.54. The van der Waals surface area contributed by atoms with Crippen LogP contribution in [0.15, 0.2) is 30.3 Å². The number of carbonyl (C=O) groups is 2. The molecule has 2 amide bonds. The van der Waals surface area contributed by atoms with Gasteiger partial charge in [0.1, 0.15) is 11.4 Å². The lowest BCUT2D eigenvalue weighted by Gasteiger charge is -2.34. The molecule has 0 unspecified atom stereocenters. The van der Waals surface area contributed by atoms with E-state index in [1.807, 2.05) is 0 Å². The number of benzene rings is 1. The molecule has 1 N–H and O–H groups in total. The molecule has 1 aliphatic heterocycles. The summed E-state index contributed by atoms with van der Waals surface area (Å²) < 4.78 is 5.51. The van der Waals surface area contributed by atoms with Crippen LogP contribution in [0.4, 0.5) is 0 Å². The summed E-state index contributed by atoms with van der Waals surface area (Å²) in [5.41, 5.74) is 1.24. The number of nitrogens with zero attached hydrogens (tertiary/aromatic N) is 3. The summed E-state index contributed by atoms with van der Waals surface area (Å²) in [5.74, 6) is 0.382. The molecule has 0 atom stereocenters. The Kier molecular flexibility index (Phi) is 5.93. The molecular formula is C20H25ClN4O3. The molecule has 0 saturated carbocycles. The molecule has 0 aliphatic carbocycles. The van der Waals surface area contributed by atoms with Crippen LogP contribution < -0.4 is 4.74 Å². The zero-order chi connectivity index (χ0) is 20.3. The van der Waals surface area contributed by atoms with E-state index in [0.717, 1.165) is 5.69 Å². The number of aromatic nitrogens is 2. The second-order valence-corrected chi connectivity index (χ2v) is 8.27. The average Bonchev–Trinajstić information content (AvgIpc) is 3.17. The second kappa shape index (κ2) is 8.22. The predicted molar refractivity (Wildman–Crippen MR) is 107 cm³/mol. The van der Waals surface area contributed by atoms with Gasteiger partial charge < -0.3 is 14.5 Å². The molecule has 2 aromatic rings. The molecule has 1 aromatic heterocycles. The van der Waals surface area contributed by atoms with Crippen LogP contribution in [0.3, 0.4) is 0 Å². The van der Waals surface area contributed by atoms with Crippen molar-refractivity contribution in [2.45, 2.75) is 26.2 Å². The van der Waals surface area contributed by atoms with Crippen molar-refractivity contribution < 1.29 is 14.3 Å². The van der Waals surface area contributed by atoms with Crippen molar-refractivity contribution in [1.29, 1.82) is 0 Å². The third-order valence-electron chi connectivity index (χ3n) is 4.70. The van der Waals surface area contributed by atoms with Crippen molar-refractivity contribution in [3.05, 3.63) is 46.7 Å². The summed E-state index contributed by atoms with van der Waals surface area (Å²) in [7, 11) is 0. The van der Waals surface area contributed by atoms with Crippen molar-refractivity contribution in [2.24, 2.45) is 0 Å². The van der Waals surface area contributed by atoms with E-state index in [0.29, 0.717) is 42.6 Å². The lowest BCUT2D eigenvalue weighted by Crippen LogP contribution is -2.51. The molecule has 1 saturated heterocycles. The predicted octanol–water partition coefficient (Wildman–Crippen LogP) is 2.72.